The predicted octanol–water partition coefficient (Wildman–Crippen LogP) is 4.50. The first kappa shape index (κ1) is 33.5. The molecule has 0 saturated carbocycles. The van der Waals surface area contributed by atoms with Crippen molar-refractivity contribution in [3.8, 4) is 5.75 Å². The molecule has 4 aliphatic rings. The standard InChI is InChI=1S/C38H45N3O7Si/c1-24-36(49(3,4)46)33(20-35(44)40-22-27-11-6-5-10-26(27)18-29(40)23-42)48-38(24)31-19-30(47-2)14-15-32(31)41(37(38)45)21-25-9-7-12-28(17-25)39-16-8-13-34(39)43/h5-7,9-12,14-15,17,19,24,29,33,36,42,46H,8,13,16,18,20-23H2,1-4H3/t24-,29-,33+,36-,38+/m0/s1. The summed E-state index contributed by atoms with van der Waals surface area (Å²) in [5.41, 5.74) is 3.33. The Bertz CT molecular complexity index is 1790. The van der Waals surface area contributed by atoms with E-state index in [4.69, 9.17) is 9.47 Å². The fraction of sp³-hybridized carbons (Fsp3) is 0.447. The predicted molar refractivity (Wildman–Crippen MR) is 188 cm³/mol. The van der Waals surface area contributed by atoms with Crippen molar-refractivity contribution >= 4 is 37.4 Å². The number of methoxy groups -OCH3 is 1. The molecule has 2 saturated heterocycles. The summed E-state index contributed by atoms with van der Waals surface area (Å²) in [7, 11) is -1.45. The molecule has 2 N–H and O–H groups in total. The number of fused-ring (bicyclic) bond motifs is 3. The van der Waals surface area contributed by atoms with Crippen LogP contribution in [0.15, 0.2) is 66.7 Å². The number of amides is 3. The van der Waals surface area contributed by atoms with Gasteiger partial charge in [0, 0.05) is 42.2 Å². The second-order valence-corrected chi connectivity index (χ2v) is 18.5. The Morgan fingerprint density at radius 3 is 2.53 bits per heavy atom. The molecule has 1 spiro atoms. The number of benzene rings is 3. The van der Waals surface area contributed by atoms with Crippen LogP contribution in [0.3, 0.4) is 0 Å². The molecule has 3 aromatic carbocycles. The molecular formula is C38H45N3O7Si. The summed E-state index contributed by atoms with van der Waals surface area (Å²) >= 11 is 0. The molecule has 3 aromatic rings. The topological polar surface area (TPSA) is 120 Å². The van der Waals surface area contributed by atoms with E-state index in [-0.39, 0.29) is 43.3 Å². The average Bonchev–Trinajstić information content (AvgIpc) is 3.72. The van der Waals surface area contributed by atoms with Crippen molar-refractivity contribution in [1.29, 1.82) is 0 Å². The van der Waals surface area contributed by atoms with E-state index in [0.29, 0.717) is 42.9 Å². The summed E-state index contributed by atoms with van der Waals surface area (Å²) in [5, 5.41) is 10.3. The lowest BCUT2D eigenvalue weighted by Crippen LogP contribution is -2.48. The zero-order chi connectivity index (χ0) is 34.7. The first-order chi connectivity index (χ1) is 23.5. The number of hydrogen-bond acceptors (Lipinski definition) is 7. The molecule has 3 amide bonds. The number of rotatable bonds is 8. The normalized spacial score (nSPS) is 26.4. The van der Waals surface area contributed by atoms with Crippen molar-refractivity contribution in [2.24, 2.45) is 5.92 Å². The van der Waals surface area contributed by atoms with Gasteiger partial charge in [0.2, 0.25) is 11.8 Å². The summed E-state index contributed by atoms with van der Waals surface area (Å²) in [5.74, 6) is -0.200. The smallest absolute Gasteiger partial charge is 0.264 e. The molecule has 10 nitrogen and oxygen atoms in total. The highest BCUT2D eigenvalue weighted by Gasteiger charge is 2.66. The number of aliphatic hydroxyl groups is 1. The molecule has 0 aliphatic carbocycles. The monoisotopic (exact) mass is 683 g/mol. The highest BCUT2D eigenvalue weighted by molar-refractivity contribution is 6.71. The fourth-order valence-electron chi connectivity index (χ4n) is 8.80. The van der Waals surface area contributed by atoms with Crippen LogP contribution in [0.25, 0.3) is 0 Å². The lowest BCUT2D eigenvalue weighted by Gasteiger charge is -2.37. The minimum Gasteiger partial charge on any atom is -0.497 e. The number of carbonyl (C=O) groups excluding carboxylic acids is 3. The Balaban J connectivity index is 1.23. The van der Waals surface area contributed by atoms with Gasteiger partial charge in [-0.2, -0.15) is 0 Å². The van der Waals surface area contributed by atoms with Crippen LogP contribution in [0.5, 0.6) is 5.75 Å². The largest absolute Gasteiger partial charge is 0.497 e. The SMILES string of the molecule is COc1ccc2c(c1)[C@@]1(O[C@H](CC(=O)N3Cc4ccccc4C[C@H]3CO)[C@@H]([Si](C)(C)O)[C@@H]1C)C(=O)N2Cc1cccc(N2CCCC2=O)c1. The van der Waals surface area contributed by atoms with E-state index in [1.165, 1.54) is 0 Å². The molecule has 49 heavy (non-hydrogen) atoms. The van der Waals surface area contributed by atoms with Gasteiger partial charge in [0.15, 0.2) is 13.9 Å². The quantitative estimate of drug-likeness (QED) is 0.336. The lowest BCUT2D eigenvalue weighted by molar-refractivity contribution is -0.151. The van der Waals surface area contributed by atoms with Crippen molar-refractivity contribution in [2.45, 2.75) is 82.1 Å². The van der Waals surface area contributed by atoms with Crippen LogP contribution in [0.1, 0.15) is 48.4 Å². The zero-order valence-corrected chi connectivity index (χ0v) is 29.6. The number of nitrogens with zero attached hydrogens (tertiary/aromatic N) is 3. The van der Waals surface area contributed by atoms with E-state index in [0.717, 1.165) is 28.8 Å². The van der Waals surface area contributed by atoms with Crippen LogP contribution in [0.4, 0.5) is 11.4 Å². The van der Waals surface area contributed by atoms with Gasteiger partial charge in [0.1, 0.15) is 5.75 Å². The van der Waals surface area contributed by atoms with Crippen LogP contribution in [-0.4, -0.2) is 73.2 Å². The van der Waals surface area contributed by atoms with Gasteiger partial charge >= 0.3 is 0 Å². The second-order valence-electron chi connectivity index (χ2n) is 14.5. The highest BCUT2D eigenvalue weighted by Crippen LogP contribution is 2.60. The van der Waals surface area contributed by atoms with E-state index >= 15 is 0 Å². The number of aliphatic hydroxyl groups excluding tert-OH is 1. The van der Waals surface area contributed by atoms with Crippen LogP contribution < -0.4 is 14.5 Å². The van der Waals surface area contributed by atoms with Gasteiger partial charge in [-0.3, -0.25) is 14.4 Å². The van der Waals surface area contributed by atoms with Gasteiger partial charge in [-0.25, -0.2) is 0 Å². The summed E-state index contributed by atoms with van der Waals surface area (Å²) in [4.78, 5) is 58.6. The molecule has 11 heteroatoms. The molecule has 2 fully saturated rings. The Kier molecular flexibility index (Phi) is 8.67. The van der Waals surface area contributed by atoms with Gasteiger partial charge in [-0.15, -0.1) is 0 Å². The van der Waals surface area contributed by atoms with E-state index in [9.17, 15) is 24.3 Å². The maximum atomic E-state index is 14.9. The summed E-state index contributed by atoms with van der Waals surface area (Å²) < 4.78 is 12.6. The van der Waals surface area contributed by atoms with Crippen molar-refractivity contribution in [2.75, 3.05) is 30.1 Å². The van der Waals surface area contributed by atoms with E-state index < -0.39 is 31.5 Å². The van der Waals surface area contributed by atoms with E-state index in [1.54, 1.807) is 21.8 Å². The molecule has 0 radical (unpaired) electrons. The third-order valence-corrected chi connectivity index (χ3v) is 13.6. The molecular weight excluding hydrogens is 639 g/mol. The number of ether oxygens (including phenoxy) is 2. The number of anilines is 2. The molecule has 4 aliphatic heterocycles. The lowest BCUT2D eigenvalue weighted by atomic mass is 9.82. The van der Waals surface area contributed by atoms with Crippen molar-refractivity contribution in [3.05, 3.63) is 89.0 Å². The molecule has 258 valence electrons. The molecule has 5 atom stereocenters. The van der Waals surface area contributed by atoms with E-state index in [1.807, 2.05) is 86.7 Å². The molecule has 4 heterocycles. The molecule has 7 rings (SSSR count). The summed E-state index contributed by atoms with van der Waals surface area (Å²) in [6.07, 6.45) is 1.16. The first-order valence-electron chi connectivity index (χ1n) is 17.2. The maximum absolute atomic E-state index is 14.9. The van der Waals surface area contributed by atoms with Gasteiger partial charge in [0.05, 0.1) is 44.5 Å². The third kappa shape index (κ3) is 5.66. The molecule has 0 aromatic heterocycles. The minimum absolute atomic E-state index is 0.0229. The second kappa shape index (κ2) is 12.7. The zero-order valence-electron chi connectivity index (χ0n) is 28.6. The number of hydrogen-bond donors (Lipinski definition) is 2. The van der Waals surface area contributed by atoms with Crippen LogP contribution in [-0.2, 0) is 44.2 Å². The Hall–Kier alpha value is -4.03. The van der Waals surface area contributed by atoms with Crippen LogP contribution >= 0.6 is 0 Å². The van der Waals surface area contributed by atoms with Gasteiger partial charge in [0.25, 0.3) is 5.91 Å². The van der Waals surface area contributed by atoms with Crippen LogP contribution in [0.2, 0.25) is 18.6 Å². The third-order valence-electron chi connectivity index (χ3n) is 11.1. The average molecular weight is 684 g/mol. The molecule has 0 bridgehead atoms. The summed E-state index contributed by atoms with van der Waals surface area (Å²) in [6, 6.07) is 20.9. The number of carbonyl (C=O) groups is 3. The Morgan fingerprint density at radius 2 is 1.84 bits per heavy atom. The van der Waals surface area contributed by atoms with Gasteiger partial charge in [-0.1, -0.05) is 43.3 Å². The van der Waals surface area contributed by atoms with Crippen LogP contribution in [0, 0.1) is 5.92 Å². The van der Waals surface area contributed by atoms with Gasteiger partial charge in [-0.05, 0) is 73.0 Å². The highest BCUT2D eigenvalue weighted by atomic mass is 28.4. The fourth-order valence-corrected chi connectivity index (χ4v) is 11.4. The maximum Gasteiger partial charge on any atom is 0.264 e. The molecule has 0 unspecified atom stereocenters. The van der Waals surface area contributed by atoms with Crippen molar-refractivity contribution in [3.63, 3.8) is 0 Å². The van der Waals surface area contributed by atoms with E-state index in [2.05, 4.69) is 0 Å². The van der Waals surface area contributed by atoms with Crippen molar-refractivity contribution in [1.82, 2.24) is 4.90 Å². The van der Waals surface area contributed by atoms with Gasteiger partial charge < -0.3 is 34.1 Å². The first-order valence-corrected chi connectivity index (χ1v) is 20.3. The minimum atomic E-state index is -3.03. The Labute approximate surface area is 288 Å². The Morgan fingerprint density at radius 1 is 1.06 bits per heavy atom. The van der Waals surface area contributed by atoms with Crippen molar-refractivity contribution < 1.29 is 33.8 Å². The summed E-state index contributed by atoms with van der Waals surface area (Å²) in [6.45, 7) is 6.79.